The number of carbonyl (C=O) groups is 5. The van der Waals surface area contributed by atoms with E-state index >= 15 is 0 Å². The Morgan fingerprint density at radius 2 is 1.77 bits per heavy atom. The number of alkyl carbamates (subject to hydrolysis) is 1. The fourth-order valence-corrected chi connectivity index (χ4v) is 8.41. The number of allylic oxidation sites excluding steroid dienone is 1. The number of halogens is 1. The summed E-state index contributed by atoms with van der Waals surface area (Å²) < 4.78 is 59.6. The lowest BCUT2D eigenvalue weighted by Gasteiger charge is -2.30. The van der Waals surface area contributed by atoms with Gasteiger partial charge in [-0.05, 0) is 82.3 Å². The number of sulfonamides is 1. The summed E-state index contributed by atoms with van der Waals surface area (Å²) in [6, 6.07) is 7.64. The van der Waals surface area contributed by atoms with Gasteiger partial charge in [0, 0.05) is 24.4 Å². The second-order valence-electron chi connectivity index (χ2n) is 15.6. The zero-order valence-electron chi connectivity index (χ0n) is 31.8. The molecule has 1 saturated heterocycles. The van der Waals surface area contributed by atoms with Crippen LogP contribution in [-0.4, -0.2) is 91.1 Å². The van der Waals surface area contributed by atoms with Crippen LogP contribution in [0.1, 0.15) is 76.8 Å². The predicted molar refractivity (Wildman–Crippen MR) is 199 cm³/mol. The van der Waals surface area contributed by atoms with Crippen LogP contribution in [0.2, 0.25) is 0 Å². The van der Waals surface area contributed by atoms with Crippen molar-refractivity contribution in [1.82, 2.24) is 25.2 Å². The number of rotatable bonds is 6. The molecule has 56 heavy (non-hydrogen) atoms. The summed E-state index contributed by atoms with van der Waals surface area (Å²) in [4.78, 5) is 71.4. The van der Waals surface area contributed by atoms with Gasteiger partial charge in [-0.25, -0.2) is 27.1 Å². The molecule has 15 nitrogen and oxygen atoms in total. The van der Waals surface area contributed by atoms with Crippen molar-refractivity contribution in [2.45, 2.75) is 113 Å². The molecule has 2 aromatic rings. The molecule has 5 amide bonds. The van der Waals surface area contributed by atoms with Crippen molar-refractivity contribution in [2.75, 3.05) is 13.7 Å². The molecule has 302 valence electrons. The minimum Gasteiger partial charge on any atom is -0.497 e. The molecule has 2 aromatic carbocycles. The number of amides is 5. The smallest absolute Gasteiger partial charge is 0.410 e. The number of fused-ring (bicyclic) bond motifs is 3. The van der Waals surface area contributed by atoms with E-state index in [1.54, 1.807) is 39.0 Å². The number of hydrogen-bond acceptors (Lipinski definition) is 10. The summed E-state index contributed by atoms with van der Waals surface area (Å²) in [6.45, 7) is 4.92. The van der Waals surface area contributed by atoms with Gasteiger partial charge >= 0.3 is 12.2 Å². The molecule has 3 heterocycles. The maximum atomic E-state index is 14.5. The van der Waals surface area contributed by atoms with Crippen LogP contribution in [-0.2, 0) is 47.0 Å². The average Bonchev–Trinajstić information content (AvgIpc) is 3.42. The van der Waals surface area contributed by atoms with Gasteiger partial charge < -0.3 is 29.7 Å². The van der Waals surface area contributed by atoms with Gasteiger partial charge in [-0.1, -0.05) is 37.1 Å². The fraction of sp³-hybridized carbons (Fsp3) is 0.513. The highest BCUT2D eigenvalue weighted by Crippen LogP contribution is 2.46. The van der Waals surface area contributed by atoms with Crippen molar-refractivity contribution in [3.8, 4) is 5.75 Å². The Morgan fingerprint density at radius 3 is 2.46 bits per heavy atom. The van der Waals surface area contributed by atoms with Gasteiger partial charge in [-0.3, -0.25) is 19.3 Å². The fourth-order valence-electron chi connectivity index (χ4n) is 7.37. The number of nitrogens with one attached hydrogen (secondary N) is 3. The Morgan fingerprint density at radius 1 is 1.02 bits per heavy atom. The number of benzene rings is 2. The van der Waals surface area contributed by atoms with E-state index in [2.05, 4.69) is 15.4 Å². The molecular weight excluding hydrogens is 750 g/mol. The molecule has 0 aromatic heterocycles. The molecule has 1 aliphatic carbocycles. The van der Waals surface area contributed by atoms with Crippen molar-refractivity contribution >= 4 is 39.9 Å². The second-order valence-corrected chi connectivity index (χ2v) is 17.3. The Balaban J connectivity index is 1.26. The summed E-state index contributed by atoms with van der Waals surface area (Å²) in [6.07, 6.45) is 3.83. The molecular formula is C39H48FN5O10S. The highest BCUT2D eigenvalue weighted by atomic mass is 32.2. The standard InChI is InChI=1S/C39H48FN5O10S/c1-38(2,3)55-36(49)41-31-14-9-7-5-6-8-12-25-20-39(25,35(48)43-56(51,52)28-17-15-26(53-4)16-18-28)42-33(46)32-19-27(22-45(32)34(31)47)54-37(50)44-21-24-11-10-13-30(40)29(24)23-44/h8,10-13,15-18,25,27,31-32H,5-7,9,14,19-23H2,1-4H3,(H,41,49)(H,42,46)(H,43,48)/b12-8-/t25-,27+,31-,32-,39+/m0/s1. The van der Waals surface area contributed by atoms with Crippen molar-refractivity contribution in [1.29, 1.82) is 0 Å². The van der Waals surface area contributed by atoms with E-state index in [4.69, 9.17) is 14.2 Å². The highest BCUT2D eigenvalue weighted by molar-refractivity contribution is 7.90. The third kappa shape index (κ3) is 9.09. The Bertz CT molecular complexity index is 2000. The van der Waals surface area contributed by atoms with E-state index in [1.807, 2.05) is 6.08 Å². The first-order chi connectivity index (χ1) is 26.5. The van der Waals surface area contributed by atoms with Crippen molar-refractivity contribution in [3.05, 3.63) is 71.6 Å². The Kier molecular flexibility index (Phi) is 11.6. The van der Waals surface area contributed by atoms with Gasteiger partial charge in [0.1, 0.15) is 40.9 Å². The molecule has 2 fully saturated rings. The van der Waals surface area contributed by atoms with Crippen molar-refractivity contribution in [2.24, 2.45) is 5.92 Å². The normalized spacial score (nSPS) is 25.9. The monoisotopic (exact) mass is 797 g/mol. The maximum absolute atomic E-state index is 14.5. The van der Waals surface area contributed by atoms with E-state index in [9.17, 15) is 36.8 Å². The van der Waals surface area contributed by atoms with Gasteiger partial charge in [0.15, 0.2) is 0 Å². The number of ether oxygens (including phenoxy) is 3. The van der Waals surface area contributed by atoms with Crippen molar-refractivity contribution in [3.63, 3.8) is 0 Å². The molecule has 1 saturated carbocycles. The zero-order chi connectivity index (χ0) is 40.4. The van der Waals surface area contributed by atoms with Crippen LogP contribution in [0.4, 0.5) is 14.0 Å². The predicted octanol–water partition coefficient (Wildman–Crippen LogP) is 4.05. The number of methoxy groups -OCH3 is 1. The lowest BCUT2D eigenvalue weighted by atomic mass is 10.0. The van der Waals surface area contributed by atoms with Crippen LogP contribution in [0.25, 0.3) is 0 Å². The lowest BCUT2D eigenvalue weighted by molar-refractivity contribution is -0.141. The van der Waals surface area contributed by atoms with Gasteiger partial charge in [0.05, 0.1) is 25.1 Å². The van der Waals surface area contributed by atoms with Crippen LogP contribution in [0.5, 0.6) is 5.75 Å². The highest BCUT2D eigenvalue weighted by Gasteiger charge is 2.61. The summed E-state index contributed by atoms with van der Waals surface area (Å²) in [5.41, 5.74) is -1.52. The molecule has 0 bridgehead atoms. The van der Waals surface area contributed by atoms with E-state index in [1.165, 1.54) is 47.2 Å². The first-order valence-electron chi connectivity index (χ1n) is 18.7. The second kappa shape index (κ2) is 16.1. The van der Waals surface area contributed by atoms with E-state index in [-0.39, 0.29) is 43.8 Å². The van der Waals surface area contributed by atoms with E-state index < -0.39 is 81.0 Å². The molecule has 4 aliphatic rings. The molecule has 6 rings (SSSR count). The van der Waals surface area contributed by atoms with Crippen LogP contribution in [0, 0.1) is 11.7 Å². The minimum atomic E-state index is -4.37. The molecule has 3 N–H and O–H groups in total. The average molecular weight is 798 g/mol. The van der Waals surface area contributed by atoms with Gasteiger partial charge in [0.2, 0.25) is 11.8 Å². The summed E-state index contributed by atoms with van der Waals surface area (Å²) in [7, 11) is -2.94. The van der Waals surface area contributed by atoms with E-state index in [0.717, 1.165) is 6.42 Å². The molecule has 3 aliphatic heterocycles. The first-order valence-corrected chi connectivity index (χ1v) is 20.2. The van der Waals surface area contributed by atoms with Gasteiger partial charge in [-0.15, -0.1) is 0 Å². The largest absolute Gasteiger partial charge is 0.497 e. The van der Waals surface area contributed by atoms with Crippen LogP contribution in [0.15, 0.2) is 59.5 Å². The zero-order valence-corrected chi connectivity index (χ0v) is 32.7. The summed E-state index contributed by atoms with van der Waals surface area (Å²) in [5.74, 6) is -2.93. The SMILES string of the molecule is COc1ccc(S(=O)(=O)NC(=O)[C@@]23C[C@@H]2/C=C\CCCCC[C@H](NC(=O)OC(C)(C)C)C(=O)N2C[C@H](OC(=O)N4Cc5cccc(F)c5C4)C[C@H]2C(=O)N3)cc1. The quantitative estimate of drug-likeness (QED) is 0.360. The lowest BCUT2D eigenvalue weighted by Crippen LogP contribution is -2.58. The summed E-state index contributed by atoms with van der Waals surface area (Å²) in [5, 5.41) is 5.43. The Hall–Kier alpha value is -5.19. The summed E-state index contributed by atoms with van der Waals surface area (Å²) >= 11 is 0. The number of hydrogen-bond donors (Lipinski definition) is 3. The van der Waals surface area contributed by atoms with Crippen LogP contribution in [0.3, 0.4) is 0 Å². The molecule has 0 spiro atoms. The van der Waals surface area contributed by atoms with Gasteiger partial charge in [0.25, 0.3) is 15.9 Å². The first kappa shape index (κ1) is 40.5. The van der Waals surface area contributed by atoms with Crippen molar-refractivity contribution < 1.29 is 51.0 Å². The molecule has 0 radical (unpaired) electrons. The van der Waals surface area contributed by atoms with Crippen LogP contribution >= 0.6 is 0 Å². The minimum absolute atomic E-state index is 0.0199. The number of nitrogens with zero attached hydrogens (tertiary/aromatic N) is 2. The third-order valence-corrected chi connectivity index (χ3v) is 11.7. The topological polar surface area (TPSA) is 190 Å². The van der Waals surface area contributed by atoms with Crippen LogP contribution < -0.4 is 20.1 Å². The number of carbonyl (C=O) groups excluding carboxylic acids is 5. The van der Waals surface area contributed by atoms with E-state index in [0.29, 0.717) is 36.1 Å². The third-order valence-electron chi connectivity index (χ3n) is 10.4. The maximum Gasteiger partial charge on any atom is 0.410 e. The molecule has 0 unspecified atom stereocenters. The Labute approximate surface area is 325 Å². The van der Waals surface area contributed by atoms with Gasteiger partial charge in [-0.2, -0.15) is 0 Å². The molecule has 17 heteroatoms. The molecule has 5 atom stereocenters.